The number of hydrogen-bond acceptors (Lipinski definition) is 2. The van der Waals surface area contributed by atoms with Crippen LogP contribution in [0.4, 0.5) is 11.4 Å². The summed E-state index contributed by atoms with van der Waals surface area (Å²) in [5.41, 5.74) is 5.51. The average molecular weight is 500 g/mol. The van der Waals surface area contributed by atoms with Gasteiger partial charge in [-0.2, -0.15) is 0 Å². The SMILES string of the molecule is CC1(C)CC2=C(C=[NH+]1)C(c1ccc(Cl)cc1Cl)Nc1ccccc1N2.[I-]. The summed E-state index contributed by atoms with van der Waals surface area (Å²) in [7, 11) is 0. The fraction of sp³-hybridized carbons (Fsp3) is 0.250. The van der Waals surface area contributed by atoms with Crippen LogP contribution >= 0.6 is 23.2 Å². The topological polar surface area (TPSA) is 38.0 Å². The van der Waals surface area contributed by atoms with Gasteiger partial charge in [-0.05, 0) is 29.8 Å². The van der Waals surface area contributed by atoms with Crippen LogP contribution in [0.15, 0.2) is 53.7 Å². The van der Waals surface area contributed by atoms with E-state index in [0.29, 0.717) is 10.0 Å². The van der Waals surface area contributed by atoms with E-state index in [4.69, 9.17) is 23.2 Å². The minimum absolute atomic E-state index is 0. The van der Waals surface area contributed by atoms with E-state index in [1.54, 1.807) is 6.07 Å². The van der Waals surface area contributed by atoms with Crippen molar-refractivity contribution in [2.45, 2.75) is 31.8 Å². The van der Waals surface area contributed by atoms with Crippen LogP contribution in [0, 0.1) is 0 Å². The Morgan fingerprint density at radius 2 is 1.81 bits per heavy atom. The smallest absolute Gasteiger partial charge is 0.169 e. The van der Waals surface area contributed by atoms with E-state index in [9.17, 15) is 0 Å². The normalized spacial score (nSPS) is 20.1. The monoisotopic (exact) mass is 499 g/mol. The van der Waals surface area contributed by atoms with Crippen molar-refractivity contribution in [2.24, 2.45) is 0 Å². The van der Waals surface area contributed by atoms with Crippen LogP contribution in [0.5, 0.6) is 0 Å². The maximum atomic E-state index is 6.53. The van der Waals surface area contributed by atoms with E-state index in [1.807, 2.05) is 24.3 Å². The Labute approximate surface area is 180 Å². The van der Waals surface area contributed by atoms with Crippen LogP contribution in [0.25, 0.3) is 0 Å². The second kappa shape index (κ2) is 7.41. The molecule has 0 saturated carbocycles. The third kappa shape index (κ3) is 3.73. The Balaban J connectivity index is 0.00000196. The Morgan fingerprint density at radius 3 is 2.54 bits per heavy atom. The van der Waals surface area contributed by atoms with Crippen LogP contribution in [-0.2, 0) is 0 Å². The predicted octanol–water partition coefficient (Wildman–Crippen LogP) is 1.16. The first-order valence-electron chi connectivity index (χ1n) is 8.34. The van der Waals surface area contributed by atoms with E-state index in [1.165, 1.54) is 11.3 Å². The minimum Gasteiger partial charge on any atom is -1.00 e. The Kier molecular flexibility index (Phi) is 5.56. The summed E-state index contributed by atoms with van der Waals surface area (Å²) in [4.78, 5) is 3.51. The molecule has 0 radical (unpaired) electrons. The lowest BCUT2D eigenvalue weighted by Gasteiger charge is -2.26. The number of nitrogens with one attached hydrogen (secondary N) is 3. The first-order valence-corrected chi connectivity index (χ1v) is 9.10. The standard InChI is InChI=1S/C20H19Cl2N3.HI/c1-20(2)10-18-14(11-23-20)19(13-8-7-12(21)9-15(13)22)25-17-6-4-3-5-16(17)24-18;/h3-9,11,19,24-25H,10H2,1-2H3;1H. The fourth-order valence-corrected chi connectivity index (χ4v) is 3.94. The van der Waals surface area contributed by atoms with Crippen molar-refractivity contribution in [3.63, 3.8) is 0 Å². The largest absolute Gasteiger partial charge is 1.00 e. The molecule has 6 heteroatoms. The van der Waals surface area contributed by atoms with E-state index >= 15 is 0 Å². The number of hydrogen-bond donors (Lipinski definition) is 3. The van der Waals surface area contributed by atoms with E-state index in [-0.39, 0.29) is 35.6 Å². The zero-order valence-electron chi connectivity index (χ0n) is 14.5. The van der Waals surface area contributed by atoms with Gasteiger partial charge in [0.05, 0.1) is 29.4 Å². The van der Waals surface area contributed by atoms with Gasteiger partial charge in [0.25, 0.3) is 0 Å². The quantitative estimate of drug-likeness (QED) is 0.515. The molecule has 2 aliphatic rings. The van der Waals surface area contributed by atoms with Crippen molar-refractivity contribution < 1.29 is 29.0 Å². The van der Waals surface area contributed by atoms with Gasteiger partial charge in [0, 0.05) is 29.6 Å². The highest BCUT2D eigenvalue weighted by atomic mass is 127. The van der Waals surface area contributed by atoms with Crippen molar-refractivity contribution in [1.29, 1.82) is 0 Å². The molecule has 2 aromatic carbocycles. The number of fused-ring (bicyclic) bond motifs is 1. The molecule has 3 nitrogen and oxygen atoms in total. The van der Waals surface area contributed by atoms with Gasteiger partial charge in [0.1, 0.15) is 0 Å². The molecule has 3 N–H and O–H groups in total. The number of rotatable bonds is 1. The van der Waals surface area contributed by atoms with Crippen LogP contribution in [0.3, 0.4) is 0 Å². The number of para-hydroxylation sites is 2. The minimum atomic E-state index is -0.0560. The zero-order valence-corrected chi connectivity index (χ0v) is 18.2. The maximum Gasteiger partial charge on any atom is 0.169 e. The van der Waals surface area contributed by atoms with E-state index in [0.717, 1.165) is 23.4 Å². The third-order valence-corrected chi connectivity index (χ3v) is 5.24. The van der Waals surface area contributed by atoms with Gasteiger partial charge in [-0.15, -0.1) is 0 Å². The second-order valence-electron chi connectivity index (χ2n) is 7.20. The van der Waals surface area contributed by atoms with Crippen molar-refractivity contribution in [3.8, 4) is 0 Å². The maximum absolute atomic E-state index is 6.53. The Hall–Kier alpha value is -1.24. The molecule has 0 aliphatic carbocycles. The highest BCUT2D eigenvalue weighted by Gasteiger charge is 2.35. The van der Waals surface area contributed by atoms with Gasteiger partial charge in [0.15, 0.2) is 11.8 Å². The van der Waals surface area contributed by atoms with Gasteiger partial charge in [-0.1, -0.05) is 41.4 Å². The molecule has 4 rings (SSSR count). The molecule has 1 unspecified atom stereocenters. The Morgan fingerprint density at radius 1 is 1.08 bits per heavy atom. The van der Waals surface area contributed by atoms with E-state index < -0.39 is 0 Å². The van der Waals surface area contributed by atoms with Gasteiger partial charge in [-0.25, -0.2) is 4.99 Å². The number of benzene rings is 2. The predicted molar refractivity (Wildman–Crippen MR) is 106 cm³/mol. The van der Waals surface area contributed by atoms with Crippen molar-refractivity contribution in [3.05, 3.63) is 69.3 Å². The van der Waals surface area contributed by atoms with Crippen LogP contribution in [0.2, 0.25) is 10.0 Å². The lowest BCUT2D eigenvalue weighted by Crippen LogP contribution is -3.00. The molecular weight excluding hydrogens is 480 g/mol. The first kappa shape index (κ1) is 19.5. The zero-order chi connectivity index (χ0) is 17.6. The van der Waals surface area contributed by atoms with Gasteiger partial charge < -0.3 is 34.6 Å². The van der Waals surface area contributed by atoms with Crippen LogP contribution in [-0.4, -0.2) is 11.8 Å². The summed E-state index contributed by atoms with van der Waals surface area (Å²) in [6, 6.07) is 13.9. The van der Waals surface area contributed by atoms with Crippen molar-refractivity contribution in [1.82, 2.24) is 0 Å². The molecule has 26 heavy (non-hydrogen) atoms. The van der Waals surface area contributed by atoms with Gasteiger partial charge in [0.2, 0.25) is 0 Å². The molecule has 0 aromatic heterocycles. The summed E-state index contributed by atoms with van der Waals surface area (Å²) >= 11 is 12.6. The molecule has 2 aliphatic heterocycles. The summed E-state index contributed by atoms with van der Waals surface area (Å²) in [6.45, 7) is 4.40. The number of anilines is 2. The average Bonchev–Trinajstić information content (AvgIpc) is 2.69. The molecule has 0 spiro atoms. The van der Waals surface area contributed by atoms with Crippen molar-refractivity contribution >= 4 is 40.8 Å². The summed E-state index contributed by atoms with van der Waals surface area (Å²) in [5, 5.41) is 8.57. The summed E-state index contributed by atoms with van der Waals surface area (Å²) < 4.78 is 0. The molecule has 136 valence electrons. The highest BCUT2D eigenvalue weighted by molar-refractivity contribution is 6.35. The molecule has 1 atom stereocenters. The third-order valence-electron chi connectivity index (χ3n) is 4.68. The fourth-order valence-electron chi connectivity index (χ4n) is 3.42. The van der Waals surface area contributed by atoms with Crippen LogP contribution < -0.4 is 39.6 Å². The molecule has 2 heterocycles. The summed E-state index contributed by atoms with van der Waals surface area (Å²) in [5.74, 6) is 0. The van der Waals surface area contributed by atoms with Gasteiger partial charge in [-0.3, -0.25) is 0 Å². The van der Waals surface area contributed by atoms with Crippen LogP contribution in [0.1, 0.15) is 31.9 Å². The molecule has 2 aromatic rings. The van der Waals surface area contributed by atoms with Crippen molar-refractivity contribution in [2.75, 3.05) is 10.6 Å². The first-order chi connectivity index (χ1) is 11.9. The Bertz CT molecular complexity index is 906. The van der Waals surface area contributed by atoms with Gasteiger partial charge >= 0.3 is 0 Å². The highest BCUT2D eigenvalue weighted by Crippen LogP contribution is 2.40. The lowest BCUT2D eigenvalue weighted by atomic mass is 9.89. The molecule has 0 saturated heterocycles. The molecular formula is C20H20Cl2IN3. The summed E-state index contributed by atoms with van der Waals surface area (Å²) in [6.07, 6.45) is 3.00. The second-order valence-corrected chi connectivity index (χ2v) is 8.04. The molecule has 0 fully saturated rings. The lowest BCUT2D eigenvalue weighted by molar-refractivity contribution is -0.540. The molecule has 0 bridgehead atoms. The number of halogens is 3. The van der Waals surface area contributed by atoms with E-state index in [2.05, 4.69) is 47.8 Å². The molecule has 0 amide bonds.